The molecule has 0 amide bonds. The summed E-state index contributed by atoms with van der Waals surface area (Å²) in [4.78, 5) is 0. The van der Waals surface area contributed by atoms with Crippen molar-refractivity contribution in [2.45, 2.75) is 25.6 Å². The minimum absolute atomic E-state index is 0.0116. The number of halogens is 1. The second-order valence-corrected chi connectivity index (χ2v) is 4.32. The van der Waals surface area contributed by atoms with Crippen molar-refractivity contribution in [3.05, 3.63) is 35.4 Å². The monoisotopic (exact) mass is 223 g/mol. The van der Waals surface area contributed by atoms with Crippen LogP contribution in [0.4, 0.5) is 4.39 Å². The van der Waals surface area contributed by atoms with Crippen LogP contribution in [0.15, 0.2) is 24.3 Å². The number of ether oxygens (including phenoxy) is 1. The summed E-state index contributed by atoms with van der Waals surface area (Å²) in [6.07, 6.45) is 0.971. The summed E-state index contributed by atoms with van der Waals surface area (Å²) >= 11 is 0. The number of rotatable bonds is 3. The first-order valence-corrected chi connectivity index (χ1v) is 5.82. The van der Waals surface area contributed by atoms with Crippen LogP contribution in [0.3, 0.4) is 0 Å². The molecule has 2 unspecified atom stereocenters. The maximum atomic E-state index is 14.1. The third kappa shape index (κ3) is 2.60. The Kier molecular flexibility index (Phi) is 3.91. The Morgan fingerprint density at radius 2 is 2.12 bits per heavy atom. The standard InChI is InChI=1S/C13H18FNO/c14-13(12-2-1-7-16-9-12)11-5-3-10(8-15)4-6-11/h3-6,12-13H,1-2,7-9,15H2. The smallest absolute Gasteiger partial charge is 0.130 e. The van der Waals surface area contributed by atoms with Crippen molar-refractivity contribution in [3.8, 4) is 0 Å². The molecule has 1 aromatic carbocycles. The maximum Gasteiger partial charge on any atom is 0.130 e. The lowest BCUT2D eigenvalue weighted by Crippen LogP contribution is -2.21. The van der Waals surface area contributed by atoms with Crippen LogP contribution >= 0.6 is 0 Å². The van der Waals surface area contributed by atoms with Gasteiger partial charge in [-0.15, -0.1) is 0 Å². The molecule has 0 saturated carbocycles. The summed E-state index contributed by atoms with van der Waals surface area (Å²) in [7, 11) is 0. The van der Waals surface area contributed by atoms with Gasteiger partial charge in [0.2, 0.25) is 0 Å². The van der Waals surface area contributed by atoms with Gasteiger partial charge in [0.25, 0.3) is 0 Å². The van der Waals surface area contributed by atoms with Gasteiger partial charge in [0.15, 0.2) is 0 Å². The Labute approximate surface area is 95.6 Å². The predicted molar refractivity (Wildman–Crippen MR) is 61.7 cm³/mol. The molecular weight excluding hydrogens is 205 g/mol. The van der Waals surface area contributed by atoms with Gasteiger partial charge in [-0.25, -0.2) is 4.39 Å². The Balaban J connectivity index is 2.04. The number of nitrogens with two attached hydrogens (primary N) is 1. The van der Waals surface area contributed by atoms with Crippen LogP contribution in [-0.2, 0) is 11.3 Å². The first-order chi connectivity index (χ1) is 7.81. The van der Waals surface area contributed by atoms with E-state index in [9.17, 15) is 4.39 Å². The van der Waals surface area contributed by atoms with Crippen molar-refractivity contribution >= 4 is 0 Å². The lowest BCUT2D eigenvalue weighted by Gasteiger charge is -2.25. The Hall–Kier alpha value is -0.930. The van der Waals surface area contributed by atoms with E-state index >= 15 is 0 Å². The minimum atomic E-state index is -0.910. The molecule has 2 N–H and O–H groups in total. The van der Waals surface area contributed by atoms with Crippen molar-refractivity contribution in [2.24, 2.45) is 11.7 Å². The molecule has 0 radical (unpaired) electrons. The van der Waals surface area contributed by atoms with E-state index in [1.54, 1.807) is 0 Å². The molecule has 1 aliphatic rings. The van der Waals surface area contributed by atoms with Gasteiger partial charge in [0.05, 0.1) is 6.61 Å². The molecule has 0 aliphatic carbocycles. The van der Waals surface area contributed by atoms with E-state index in [1.165, 1.54) is 0 Å². The molecule has 0 spiro atoms. The third-order valence-electron chi connectivity index (χ3n) is 3.14. The zero-order valence-corrected chi connectivity index (χ0v) is 9.36. The van der Waals surface area contributed by atoms with Gasteiger partial charge in [-0.1, -0.05) is 24.3 Å². The van der Waals surface area contributed by atoms with Crippen LogP contribution < -0.4 is 5.73 Å². The van der Waals surface area contributed by atoms with Crippen molar-refractivity contribution in [1.82, 2.24) is 0 Å². The Bertz CT molecular complexity index is 319. The highest BCUT2D eigenvalue weighted by Crippen LogP contribution is 2.31. The number of hydrogen-bond donors (Lipinski definition) is 1. The summed E-state index contributed by atoms with van der Waals surface area (Å²) in [5, 5.41) is 0. The molecule has 3 heteroatoms. The van der Waals surface area contributed by atoms with Gasteiger partial charge in [0, 0.05) is 19.1 Å². The van der Waals surface area contributed by atoms with E-state index in [0.29, 0.717) is 13.2 Å². The summed E-state index contributed by atoms with van der Waals surface area (Å²) in [6.45, 7) is 1.82. The van der Waals surface area contributed by atoms with Crippen LogP contribution in [-0.4, -0.2) is 13.2 Å². The Morgan fingerprint density at radius 1 is 1.38 bits per heavy atom. The molecular formula is C13H18FNO. The van der Waals surface area contributed by atoms with Crippen molar-refractivity contribution in [2.75, 3.05) is 13.2 Å². The second kappa shape index (κ2) is 5.41. The SMILES string of the molecule is NCc1ccc(C(F)C2CCCOC2)cc1. The summed E-state index contributed by atoms with van der Waals surface area (Å²) in [6, 6.07) is 7.46. The van der Waals surface area contributed by atoms with Crippen molar-refractivity contribution < 1.29 is 9.13 Å². The Morgan fingerprint density at radius 3 is 2.69 bits per heavy atom. The van der Waals surface area contributed by atoms with Crippen molar-refractivity contribution in [1.29, 1.82) is 0 Å². The van der Waals surface area contributed by atoms with Crippen molar-refractivity contribution in [3.63, 3.8) is 0 Å². The maximum absolute atomic E-state index is 14.1. The normalized spacial score (nSPS) is 23.0. The number of alkyl halides is 1. The van der Waals surface area contributed by atoms with E-state index in [2.05, 4.69) is 0 Å². The molecule has 2 atom stereocenters. The highest BCUT2D eigenvalue weighted by atomic mass is 19.1. The highest BCUT2D eigenvalue weighted by molar-refractivity contribution is 5.24. The summed E-state index contributed by atoms with van der Waals surface area (Å²) in [5.41, 5.74) is 7.29. The molecule has 1 aromatic rings. The average molecular weight is 223 g/mol. The van der Waals surface area contributed by atoms with E-state index in [-0.39, 0.29) is 5.92 Å². The number of hydrogen-bond acceptors (Lipinski definition) is 2. The number of benzene rings is 1. The molecule has 16 heavy (non-hydrogen) atoms. The predicted octanol–water partition coefficient (Wildman–Crippen LogP) is 2.58. The molecule has 1 heterocycles. The topological polar surface area (TPSA) is 35.2 Å². The van der Waals surface area contributed by atoms with E-state index in [4.69, 9.17) is 10.5 Å². The molecule has 1 fully saturated rings. The first-order valence-electron chi connectivity index (χ1n) is 5.82. The fourth-order valence-electron chi connectivity index (χ4n) is 2.11. The molecule has 0 aromatic heterocycles. The lowest BCUT2D eigenvalue weighted by atomic mass is 9.92. The van der Waals surface area contributed by atoms with E-state index < -0.39 is 6.17 Å². The molecule has 1 aliphatic heterocycles. The van der Waals surface area contributed by atoms with E-state index in [1.807, 2.05) is 24.3 Å². The van der Waals surface area contributed by atoms with Crippen LogP contribution in [0.5, 0.6) is 0 Å². The van der Waals surface area contributed by atoms with Crippen LogP contribution in [0, 0.1) is 5.92 Å². The quantitative estimate of drug-likeness (QED) is 0.854. The van der Waals surface area contributed by atoms with Crippen LogP contribution in [0.2, 0.25) is 0 Å². The van der Waals surface area contributed by atoms with Crippen LogP contribution in [0.1, 0.15) is 30.1 Å². The zero-order valence-electron chi connectivity index (χ0n) is 9.36. The van der Waals surface area contributed by atoms with Crippen LogP contribution in [0.25, 0.3) is 0 Å². The fraction of sp³-hybridized carbons (Fsp3) is 0.538. The van der Waals surface area contributed by atoms with Gasteiger partial charge in [-0.05, 0) is 24.0 Å². The fourth-order valence-corrected chi connectivity index (χ4v) is 2.11. The van der Waals surface area contributed by atoms with Gasteiger partial charge >= 0.3 is 0 Å². The third-order valence-corrected chi connectivity index (χ3v) is 3.14. The highest BCUT2D eigenvalue weighted by Gasteiger charge is 2.25. The van der Waals surface area contributed by atoms with Gasteiger partial charge in [-0.2, -0.15) is 0 Å². The molecule has 0 bridgehead atoms. The summed E-state index contributed by atoms with van der Waals surface area (Å²) < 4.78 is 19.5. The first kappa shape index (κ1) is 11.6. The largest absolute Gasteiger partial charge is 0.381 e. The molecule has 88 valence electrons. The summed E-state index contributed by atoms with van der Waals surface area (Å²) in [5.74, 6) is 0.0116. The lowest BCUT2D eigenvalue weighted by molar-refractivity contribution is 0.0197. The average Bonchev–Trinajstić information content (AvgIpc) is 2.39. The van der Waals surface area contributed by atoms with Gasteiger partial charge < -0.3 is 10.5 Å². The second-order valence-electron chi connectivity index (χ2n) is 4.32. The zero-order chi connectivity index (χ0) is 11.4. The molecule has 2 nitrogen and oxygen atoms in total. The van der Waals surface area contributed by atoms with Gasteiger partial charge in [-0.3, -0.25) is 0 Å². The van der Waals surface area contributed by atoms with Gasteiger partial charge in [0.1, 0.15) is 6.17 Å². The minimum Gasteiger partial charge on any atom is -0.381 e. The molecule has 2 rings (SSSR count). The van der Waals surface area contributed by atoms with E-state index in [0.717, 1.165) is 30.6 Å². The molecule has 1 saturated heterocycles.